The summed E-state index contributed by atoms with van der Waals surface area (Å²) in [5, 5.41) is 0.593. The first kappa shape index (κ1) is 20.9. The van der Waals surface area contributed by atoms with Crippen molar-refractivity contribution in [1.29, 1.82) is 0 Å². The number of carbonyl (C=O) groups excluding carboxylic acids is 1. The van der Waals surface area contributed by atoms with Crippen LogP contribution in [-0.4, -0.2) is 26.3 Å². The Balaban J connectivity index is 1.74. The van der Waals surface area contributed by atoms with Gasteiger partial charge >= 0.3 is 0 Å². The highest BCUT2D eigenvalue weighted by Gasteiger charge is 2.18. The van der Waals surface area contributed by atoms with Crippen molar-refractivity contribution >= 4 is 33.2 Å². The van der Waals surface area contributed by atoms with Crippen molar-refractivity contribution in [2.45, 2.75) is 18.4 Å². The van der Waals surface area contributed by atoms with Crippen molar-refractivity contribution in [2.75, 3.05) is 11.8 Å². The number of hydrogen-bond acceptors (Lipinski definition) is 3. The van der Waals surface area contributed by atoms with E-state index in [0.29, 0.717) is 22.8 Å². The lowest BCUT2D eigenvalue weighted by molar-refractivity contribution is 0.0785. The summed E-state index contributed by atoms with van der Waals surface area (Å²) in [6.45, 7) is 2.18. The number of anilines is 1. The zero-order valence-electron chi connectivity index (χ0n) is 16.1. The number of benzene rings is 3. The summed E-state index contributed by atoms with van der Waals surface area (Å²) < 4.78 is 27.8. The SMILES string of the molecule is Cc1ccccc1NS(=O)(=O)c1ccc(C(=O)N(C)Cc2ccccc2Cl)cc1. The van der Waals surface area contributed by atoms with Crippen molar-refractivity contribution in [2.24, 2.45) is 0 Å². The van der Waals surface area contributed by atoms with E-state index in [9.17, 15) is 13.2 Å². The maximum Gasteiger partial charge on any atom is 0.261 e. The van der Waals surface area contributed by atoms with Crippen molar-refractivity contribution < 1.29 is 13.2 Å². The van der Waals surface area contributed by atoms with Gasteiger partial charge < -0.3 is 4.90 Å². The molecule has 3 rings (SSSR count). The topological polar surface area (TPSA) is 66.5 Å². The molecule has 0 fully saturated rings. The number of nitrogens with one attached hydrogen (secondary N) is 1. The van der Waals surface area contributed by atoms with Gasteiger partial charge in [-0.05, 0) is 54.4 Å². The molecule has 0 saturated heterocycles. The highest BCUT2D eigenvalue weighted by Crippen LogP contribution is 2.21. The molecular weight excluding hydrogens is 408 g/mol. The average molecular weight is 429 g/mol. The number of rotatable bonds is 6. The number of sulfonamides is 1. The van der Waals surface area contributed by atoms with Gasteiger partial charge in [0.1, 0.15) is 0 Å². The molecule has 7 heteroatoms. The molecule has 0 atom stereocenters. The van der Waals surface area contributed by atoms with Crippen LogP contribution in [0.3, 0.4) is 0 Å². The molecule has 0 aliphatic heterocycles. The number of amides is 1. The van der Waals surface area contributed by atoms with Gasteiger partial charge in [-0.15, -0.1) is 0 Å². The first-order valence-electron chi connectivity index (χ1n) is 8.95. The summed E-state index contributed by atoms with van der Waals surface area (Å²) in [5.74, 6) is -0.222. The number of halogens is 1. The Bertz CT molecular complexity index is 1130. The Morgan fingerprint density at radius 3 is 2.24 bits per heavy atom. The van der Waals surface area contributed by atoms with Gasteiger partial charge in [0.25, 0.3) is 15.9 Å². The van der Waals surface area contributed by atoms with Crippen LogP contribution in [0.25, 0.3) is 0 Å². The molecule has 0 radical (unpaired) electrons. The van der Waals surface area contributed by atoms with E-state index < -0.39 is 10.0 Å². The van der Waals surface area contributed by atoms with Gasteiger partial charge in [-0.3, -0.25) is 9.52 Å². The van der Waals surface area contributed by atoms with Crippen molar-refractivity contribution in [3.63, 3.8) is 0 Å². The molecule has 3 aromatic carbocycles. The van der Waals surface area contributed by atoms with Crippen LogP contribution in [0, 0.1) is 6.92 Å². The molecule has 0 heterocycles. The van der Waals surface area contributed by atoms with Crippen LogP contribution in [0.1, 0.15) is 21.5 Å². The van der Waals surface area contributed by atoms with Gasteiger partial charge in [0.05, 0.1) is 10.6 Å². The maximum absolute atomic E-state index is 12.7. The summed E-state index contributed by atoms with van der Waals surface area (Å²) in [6, 6.07) is 20.3. The van der Waals surface area contributed by atoms with E-state index in [4.69, 9.17) is 11.6 Å². The third-order valence-corrected chi connectivity index (χ3v) is 6.26. The smallest absolute Gasteiger partial charge is 0.261 e. The van der Waals surface area contributed by atoms with E-state index in [2.05, 4.69) is 4.72 Å². The Labute approximate surface area is 176 Å². The fourth-order valence-electron chi connectivity index (χ4n) is 2.84. The fourth-order valence-corrected chi connectivity index (χ4v) is 4.17. The van der Waals surface area contributed by atoms with E-state index in [-0.39, 0.29) is 10.8 Å². The lowest BCUT2D eigenvalue weighted by atomic mass is 10.1. The maximum atomic E-state index is 12.7. The van der Waals surface area contributed by atoms with Crippen LogP contribution in [0.5, 0.6) is 0 Å². The van der Waals surface area contributed by atoms with Crippen LogP contribution in [0.4, 0.5) is 5.69 Å². The summed E-state index contributed by atoms with van der Waals surface area (Å²) >= 11 is 6.16. The molecule has 29 heavy (non-hydrogen) atoms. The van der Waals surface area contributed by atoms with E-state index >= 15 is 0 Å². The second kappa shape index (κ2) is 8.68. The second-order valence-corrected chi connectivity index (χ2v) is 8.79. The van der Waals surface area contributed by atoms with Crippen LogP contribution in [-0.2, 0) is 16.6 Å². The molecule has 1 N–H and O–H groups in total. The highest BCUT2D eigenvalue weighted by molar-refractivity contribution is 7.92. The lowest BCUT2D eigenvalue weighted by Gasteiger charge is -2.18. The summed E-state index contributed by atoms with van der Waals surface area (Å²) in [5.41, 5.74) is 2.58. The van der Waals surface area contributed by atoms with E-state index in [1.54, 1.807) is 25.2 Å². The normalized spacial score (nSPS) is 11.1. The van der Waals surface area contributed by atoms with E-state index in [1.165, 1.54) is 29.2 Å². The molecule has 0 spiro atoms. The van der Waals surface area contributed by atoms with Gasteiger partial charge in [0.15, 0.2) is 0 Å². The third-order valence-electron chi connectivity index (χ3n) is 4.51. The number of carbonyl (C=O) groups is 1. The minimum atomic E-state index is -3.75. The number of nitrogens with zero attached hydrogens (tertiary/aromatic N) is 1. The van der Waals surface area contributed by atoms with Gasteiger partial charge in [0, 0.05) is 24.2 Å². The molecule has 1 amide bonds. The molecule has 0 unspecified atom stereocenters. The standard InChI is InChI=1S/C22H21ClN2O3S/c1-16-7-3-6-10-21(16)24-29(27,28)19-13-11-17(12-14-19)22(26)25(2)15-18-8-4-5-9-20(18)23/h3-14,24H,15H2,1-2H3. The number of hydrogen-bond donors (Lipinski definition) is 1. The Kier molecular flexibility index (Phi) is 6.25. The Morgan fingerprint density at radius 1 is 0.966 bits per heavy atom. The minimum Gasteiger partial charge on any atom is -0.337 e. The van der Waals surface area contributed by atoms with Crippen molar-refractivity contribution in [3.8, 4) is 0 Å². The minimum absolute atomic E-state index is 0.0889. The molecule has 5 nitrogen and oxygen atoms in total. The molecule has 150 valence electrons. The molecule has 0 aliphatic rings. The molecular formula is C22H21ClN2O3S. The second-order valence-electron chi connectivity index (χ2n) is 6.70. The van der Waals surface area contributed by atoms with Crippen LogP contribution < -0.4 is 4.72 Å². The number of para-hydroxylation sites is 1. The summed E-state index contributed by atoms with van der Waals surface area (Å²) in [4.78, 5) is 14.3. The van der Waals surface area contributed by atoms with Gasteiger partial charge in [-0.25, -0.2) is 8.42 Å². The van der Waals surface area contributed by atoms with Crippen LogP contribution in [0.2, 0.25) is 5.02 Å². The predicted molar refractivity (Wildman–Crippen MR) is 116 cm³/mol. The van der Waals surface area contributed by atoms with Crippen molar-refractivity contribution in [1.82, 2.24) is 4.90 Å². The summed E-state index contributed by atoms with van der Waals surface area (Å²) in [7, 11) is -2.07. The van der Waals surface area contributed by atoms with E-state index in [0.717, 1.165) is 11.1 Å². The zero-order valence-corrected chi connectivity index (χ0v) is 17.7. The van der Waals surface area contributed by atoms with E-state index in [1.807, 2.05) is 37.3 Å². The third kappa shape index (κ3) is 4.96. The Hall–Kier alpha value is -2.83. The average Bonchev–Trinajstić information content (AvgIpc) is 2.71. The molecule has 0 aliphatic carbocycles. The lowest BCUT2D eigenvalue weighted by Crippen LogP contribution is -2.26. The van der Waals surface area contributed by atoms with Crippen molar-refractivity contribution in [3.05, 3.63) is 94.5 Å². The monoisotopic (exact) mass is 428 g/mol. The van der Waals surface area contributed by atoms with Crippen LogP contribution in [0.15, 0.2) is 77.7 Å². The zero-order chi connectivity index (χ0) is 21.0. The quantitative estimate of drug-likeness (QED) is 0.617. The molecule has 0 saturated carbocycles. The van der Waals surface area contributed by atoms with Gasteiger partial charge in [-0.1, -0.05) is 48.0 Å². The molecule has 0 aromatic heterocycles. The molecule has 3 aromatic rings. The van der Waals surface area contributed by atoms with Gasteiger partial charge in [0.2, 0.25) is 0 Å². The largest absolute Gasteiger partial charge is 0.337 e. The first-order valence-corrected chi connectivity index (χ1v) is 10.8. The fraction of sp³-hybridized carbons (Fsp3) is 0.136. The first-order chi connectivity index (χ1) is 13.8. The predicted octanol–water partition coefficient (Wildman–Crippen LogP) is 4.72. The number of aryl methyl sites for hydroxylation is 1. The summed E-state index contributed by atoms with van der Waals surface area (Å²) in [6.07, 6.45) is 0. The molecule has 0 bridgehead atoms. The van der Waals surface area contributed by atoms with Gasteiger partial charge in [-0.2, -0.15) is 0 Å². The van der Waals surface area contributed by atoms with Crippen LogP contribution >= 0.6 is 11.6 Å². The highest BCUT2D eigenvalue weighted by atomic mass is 35.5. The Morgan fingerprint density at radius 2 is 1.59 bits per heavy atom.